The molecule has 0 saturated carbocycles. The highest BCUT2D eigenvalue weighted by Crippen LogP contribution is 2.66. The Bertz CT molecular complexity index is 915. The number of halogens is 1. The number of fused-ring (bicyclic) bond motifs is 1. The van der Waals surface area contributed by atoms with Gasteiger partial charge in [0, 0.05) is 18.4 Å². The van der Waals surface area contributed by atoms with Crippen LogP contribution >= 0.6 is 23.4 Å². The number of ether oxygens (including phenoxy) is 1. The first kappa shape index (κ1) is 24.4. The molecule has 4 rings (SSSR count). The first-order valence-corrected chi connectivity index (χ1v) is 13.0. The average molecular weight is 495 g/mol. The number of anilines is 1. The summed E-state index contributed by atoms with van der Waals surface area (Å²) in [6.45, 7) is 2.63. The van der Waals surface area contributed by atoms with Gasteiger partial charge in [-0.15, -0.1) is 11.8 Å². The Labute approximate surface area is 203 Å². The number of esters is 1. The Kier molecular flexibility index (Phi) is 7.56. The summed E-state index contributed by atoms with van der Waals surface area (Å²) in [6.07, 6.45) is 4.69. The lowest BCUT2D eigenvalue weighted by Crippen LogP contribution is -2.51. The fraction of sp³-hybridized carbons (Fsp3) is 0.625. The van der Waals surface area contributed by atoms with Crippen molar-refractivity contribution in [2.45, 2.75) is 61.5 Å². The summed E-state index contributed by atoms with van der Waals surface area (Å²) >= 11 is 7.91. The normalized spacial score (nSPS) is 29.9. The van der Waals surface area contributed by atoms with Crippen LogP contribution in [-0.4, -0.2) is 63.6 Å². The lowest BCUT2D eigenvalue weighted by atomic mass is 9.71. The zero-order valence-corrected chi connectivity index (χ0v) is 20.4. The van der Waals surface area contributed by atoms with Crippen molar-refractivity contribution >= 4 is 46.8 Å². The van der Waals surface area contributed by atoms with Gasteiger partial charge in [0.15, 0.2) is 0 Å². The van der Waals surface area contributed by atoms with Gasteiger partial charge in [-0.05, 0) is 44.7 Å². The molecule has 3 heterocycles. The molecule has 1 aromatic carbocycles. The highest BCUT2D eigenvalue weighted by atomic mass is 35.5. The van der Waals surface area contributed by atoms with Crippen LogP contribution in [0.4, 0.5) is 5.69 Å². The standard InChI is InChI=1S/C24H31ClN2O5S/c1-2-32-23(31)18-17-11-12-24(33-17)19(18)22(30)27(13-7-3-4-8-14-28)20(24)21(29)26-16-10-6-5-9-15(16)25/h5-6,9-10,17-20,28H,2-4,7-8,11-14H2,1H3,(H,26,29)/t17-,18+,19-,20?,24?/m0/s1. The number of hydrogen-bond acceptors (Lipinski definition) is 6. The van der Waals surface area contributed by atoms with E-state index in [0.717, 1.165) is 38.5 Å². The number of para-hydroxylation sites is 1. The minimum Gasteiger partial charge on any atom is -0.466 e. The molecule has 3 saturated heterocycles. The highest BCUT2D eigenvalue weighted by Gasteiger charge is 2.73. The molecule has 0 aromatic heterocycles. The van der Waals surface area contributed by atoms with Gasteiger partial charge in [0.1, 0.15) is 6.04 Å². The van der Waals surface area contributed by atoms with Gasteiger partial charge in [0.2, 0.25) is 11.8 Å². The van der Waals surface area contributed by atoms with Gasteiger partial charge in [0.05, 0.1) is 33.9 Å². The van der Waals surface area contributed by atoms with Gasteiger partial charge in [-0.3, -0.25) is 14.4 Å². The maximum absolute atomic E-state index is 13.7. The van der Waals surface area contributed by atoms with Crippen LogP contribution in [0, 0.1) is 11.8 Å². The SMILES string of the molecule is CCOC(=O)[C@@H]1[C@@H]2CCC3(S2)C(C(=O)Nc2ccccc2Cl)N(CCCCCCO)C(=O)[C@H]13. The molecule has 5 atom stereocenters. The molecule has 1 aromatic rings. The van der Waals surface area contributed by atoms with Crippen molar-refractivity contribution in [3.63, 3.8) is 0 Å². The summed E-state index contributed by atoms with van der Waals surface area (Å²) in [5, 5.41) is 12.4. The Morgan fingerprint density at radius 1 is 1.27 bits per heavy atom. The second-order valence-electron chi connectivity index (χ2n) is 8.95. The molecule has 0 aliphatic carbocycles. The van der Waals surface area contributed by atoms with Crippen molar-refractivity contribution in [3.05, 3.63) is 29.3 Å². The van der Waals surface area contributed by atoms with Gasteiger partial charge < -0.3 is 20.1 Å². The molecule has 3 aliphatic heterocycles. The zero-order chi connectivity index (χ0) is 23.6. The van der Waals surface area contributed by atoms with E-state index in [4.69, 9.17) is 21.4 Å². The van der Waals surface area contributed by atoms with E-state index in [1.54, 1.807) is 47.9 Å². The molecule has 9 heteroatoms. The van der Waals surface area contributed by atoms with E-state index in [1.165, 1.54) is 0 Å². The number of unbranched alkanes of at least 4 members (excludes halogenated alkanes) is 3. The molecule has 2 bridgehead atoms. The van der Waals surface area contributed by atoms with Crippen molar-refractivity contribution in [2.24, 2.45) is 11.8 Å². The molecule has 3 aliphatic rings. The van der Waals surface area contributed by atoms with Gasteiger partial charge in [-0.2, -0.15) is 0 Å². The van der Waals surface area contributed by atoms with E-state index in [1.807, 2.05) is 0 Å². The molecule has 180 valence electrons. The average Bonchev–Trinajstić information content (AvgIpc) is 3.43. The number of amides is 2. The second-order valence-corrected chi connectivity index (χ2v) is 11.0. The topological polar surface area (TPSA) is 95.9 Å². The highest BCUT2D eigenvalue weighted by molar-refractivity contribution is 8.02. The summed E-state index contributed by atoms with van der Waals surface area (Å²) in [4.78, 5) is 41.9. The number of benzene rings is 1. The van der Waals surface area contributed by atoms with E-state index in [9.17, 15) is 14.4 Å². The van der Waals surface area contributed by atoms with Crippen LogP contribution in [0.15, 0.2) is 24.3 Å². The molecule has 3 fully saturated rings. The van der Waals surface area contributed by atoms with Crippen LogP contribution < -0.4 is 5.32 Å². The minimum atomic E-state index is -0.668. The van der Waals surface area contributed by atoms with Crippen LogP contribution in [0.3, 0.4) is 0 Å². The number of rotatable bonds is 10. The second kappa shape index (κ2) is 10.2. The van der Waals surface area contributed by atoms with E-state index >= 15 is 0 Å². The number of likely N-dealkylation sites (tertiary alicyclic amines) is 1. The Hall–Kier alpha value is -1.77. The van der Waals surface area contributed by atoms with Crippen molar-refractivity contribution in [1.29, 1.82) is 0 Å². The van der Waals surface area contributed by atoms with Crippen molar-refractivity contribution in [2.75, 3.05) is 25.1 Å². The summed E-state index contributed by atoms with van der Waals surface area (Å²) < 4.78 is 4.71. The predicted octanol–water partition coefficient (Wildman–Crippen LogP) is 3.49. The molecule has 2 N–H and O–H groups in total. The van der Waals surface area contributed by atoms with Gasteiger partial charge in [-0.1, -0.05) is 36.6 Å². The van der Waals surface area contributed by atoms with Crippen LogP contribution in [0.25, 0.3) is 0 Å². The number of hydrogen-bond donors (Lipinski definition) is 2. The van der Waals surface area contributed by atoms with Crippen LogP contribution in [-0.2, 0) is 19.1 Å². The molecule has 33 heavy (non-hydrogen) atoms. The first-order valence-electron chi connectivity index (χ1n) is 11.8. The molecule has 7 nitrogen and oxygen atoms in total. The summed E-state index contributed by atoms with van der Waals surface area (Å²) in [7, 11) is 0. The minimum absolute atomic E-state index is 0.000294. The van der Waals surface area contributed by atoms with Gasteiger partial charge >= 0.3 is 5.97 Å². The molecule has 1 spiro atoms. The number of thioether (sulfide) groups is 1. The summed E-state index contributed by atoms with van der Waals surface area (Å²) in [5.41, 5.74) is 0.513. The largest absolute Gasteiger partial charge is 0.466 e. The van der Waals surface area contributed by atoms with Gasteiger partial charge in [-0.25, -0.2) is 0 Å². The lowest BCUT2D eigenvalue weighted by molar-refractivity contribution is -0.153. The van der Waals surface area contributed by atoms with E-state index < -0.39 is 22.6 Å². The molecule has 2 amide bonds. The Morgan fingerprint density at radius 3 is 2.76 bits per heavy atom. The Balaban J connectivity index is 1.62. The van der Waals surface area contributed by atoms with E-state index in [2.05, 4.69) is 5.32 Å². The number of carbonyl (C=O) groups excluding carboxylic acids is 3. The fourth-order valence-corrected chi connectivity index (χ4v) is 8.10. The number of aliphatic hydroxyl groups excluding tert-OH is 1. The third-order valence-electron chi connectivity index (χ3n) is 7.05. The predicted molar refractivity (Wildman–Crippen MR) is 128 cm³/mol. The molecule has 0 radical (unpaired) electrons. The molecular weight excluding hydrogens is 464 g/mol. The summed E-state index contributed by atoms with van der Waals surface area (Å²) in [6, 6.07) is 6.38. The number of nitrogens with zero attached hydrogens (tertiary/aromatic N) is 1. The summed E-state index contributed by atoms with van der Waals surface area (Å²) in [5.74, 6) is -1.76. The van der Waals surface area contributed by atoms with Crippen molar-refractivity contribution in [3.8, 4) is 0 Å². The van der Waals surface area contributed by atoms with Crippen LogP contribution in [0.1, 0.15) is 45.4 Å². The number of aliphatic hydroxyl groups is 1. The maximum atomic E-state index is 13.7. The first-order chi connectivity index (χ1) is 15.9. The van der Waals surface area contributed by atoms with Crippen molar-refractivity contribution in [1.82, 2.24) is 4.90 Å². The van der Waals surface area contributed by atoms with E-state index in [0.29, 0.717) is 17.3 Å². The van der Waals surface area contributed by atoms with Gasteiger partial charge in [0.25, 0.3) is 0 Å². The molecule has 2 unspecified atom stereocenters. The smallest absolute Gasteiger partial charge is 0.310 e. The zero-order valence-electron chi connectivity index (χ0n) is 18.8. The van der Waals surface area contributed by atoms with E-state index in [-0.39, 0.29) is 36.2 Å². The molecular formula is C24H31ClN2O5S. The number of carbonyl (C=O) groups is 3. The monoisotopic (exact) mass is 494 g/mol. The quantitative estimate of drug-likeness (QED) is 0.382. The van der Waals surface area contributed by atoms with Crippen LogP contribution in [0.5, 0.6) is 0 Å². The van der Waals surface area contributed by atoms with Crippen molar-refractivity contribution < 1.29 is 24.2 Å². The fourth-order valence-electron chi connectivity index (χ4n) is 5.71. The lowest BCUT2D eigenvalue weighted by Gasteiger charge is -2.34. The van der Waals surface area contributed by atoms with Crippen LogP contribution in [0.2, 0.25) is 5.02 Å². The third-order valence-corrected chi connectivity index (χ3v) is 9.33. The Morgan fingerprint density at radius 2 is 2.03 bits per heavy atom. The maximum Gasteiger partial charge on any atom is 0.310 e. The number of nitrogens with one attached hydrogen (secondary N) is 1. The third kappa shape index (κ3) is 4.37.